The van der Waals surface area contributed by atoms with Crippen LogP contribution in [0, 0.1) is 18.6 Å². The number of pyridine rings is 3. The van der Waals surface area contributed by atoms with Gasteiger partial charge in [-0.25, -0.2) is 13.8 Å². The SMILES string of the molecule is [B]c1cc(F)c(F)c(C([B])([B])[B])c1Oc1ncc(C(F)(F)F)c(C)c1-c1cc(=O)c2c(C(N)=O)nccc2[nH]1. The van der Waals surface area contributed by atoms with E-state index in [1.165, 1.54) is 6.07 Å². The Morgan fingerprint density at radius 1 is 1.13 bits per heavy atom. The molecule has 0 bridgehead atoms. The number of alkyl halides is 3. The maximum atomic E-state index is 14.7. The van der Waals surface area contributed by atoms with Crippen molar-refractivity contribution in [3.05, 3.63) is 74.8 Å². The zero-order valence-electron chi connectivity index (χ0n) is 19.8. The van der Waals surface area contributed by atoms with Crippen molar-refractivity contribution in [2.24, 2.45) is 5.73 Å². The number of primary amides is 1. The van der Waals surface area contributed by atoms with Gasteiger partial charge in [0.2, 0.25) is 5.88 Å². The first-order chi connectivity index (χ1) is 18.0. The first-order valence-corrected chi connectivity index (χ1v) is 10.7. The lowest BCUT2D eigenvalue weighted by Crippen LogP contribution is -2.32. The van der Waals surface area contributed by atoms with Crippen molar-refractivity contribution in [2.45, 2.75) is 18.2 Å². The van der Waals surface area contributed by atoms with Gasteiger partial charge in [0.05, 0.1) is 51.3 Å². The summed E-state index contributed by atoms with van der Waals surface area (Å²) in [4.78, 5) is 34.9. The van der Waals surface area contributed by atoms with Crippen LogP contribution in [-0.2, 0) is 11.3 Å². The van der Waals surface area contributed by atoms with Gasteiger partial charge in [-0.3, -0.25) is 14.6 Å². The summed E-state index contributed by atoms with van der Waals surface area (Å²) in [7, 11) is 22.5. The molecule has 0 aliphatic heterocycles. The summed E-state index contributed by atoms with van der Waals surface area (Å²) in [6.07, 6.45) is -3.31. The Bertz CT molecular complexity index is 1720. The summed E-state index contributed by atoms with van der Waals surface area (Å²) in [6.45, 7) is 1.06. The Morgan fingerprint density at radius 3 is 2.38 bits per heavy atom. The van der Waals surface area contributed by atoms with Crippen molar-refractivity contribution in [3.8, 4) is 22.9 Å². The second-order valence-corrected chi connectivity index (χ2v) is 8.47. The summed E-state index contributed by atoms with van der Waals surface area (Å²) in [6, 6.07) is 2.66. The third kappa shape index (κ3) is 5.02. The molecule has 188 valence electrons. The zero-order chi connectivity index (χ0) is 29.0. The summed E-state index contributed by atoms with van der Waals surface area (Å²) in [5, 5.41) is -2.77. The molecule has 1 amide bonds. The van der Waals surface area contributed by atoms with Crippen molar-refractivity contribution in [1.82, 2.24) is 15.0 Å². The number of benzene rings is 1. The van der Waals surface area contributed by atoms with Crippen LogP contribution in [0.5, 0.6) is 11.6 Å². The first kappa shape index (κ1) is 27.9. The van der Waals surface area contributed by atoms with Gasteiger partial charge >= 0.3 is 6.18 Å². The molecular formula is C23H11B4F5N4O3. The average Bonchev–Trinajstić information content (AvgIpc) is 2.80. The lowest BCUT2D eigenvalue weighted by atomic mass is 9.39. The summed E-state index contributed by atoms with van der Waals surface area (Å²) >= 11 is 0. The minimum absolute atomic E-state index is 0.0121. The maximum Gasteiger partial charge on any atom is 0.418 e. The zero-order valence-corrected chi connectivity index (χ0v) is 19.8. The van der Waals surface area contributed by atoms with Gasteiger partial charge in [0.25, 0.3) is 5.91 Å². The number of fused-ring (bicyclic) bond motifs is 1. The number of rotatable bonds is 5. The molecule has 3 aromatic heterocycles. The largest absolute Gasteiger partial charge is 0.439 e. The Morgan fingerprint density at radius 2 is 1.79 bits per heavy atom. The van der Waals surface area contributed by atoms with Crippen LogP contribution in [-0.4, -0.2) is 52.2 Å². The highest BCUT2D eigenvalue weighted by Gasteiger charge is 2.36. The van der Waals surface area contributed by atoms with E-state index in [9.17, 15) is 31.5 Å². The van der Waals surface area contributed by atoms with E-state index >= 15 is 0 Å². The molecule has 3 heterocycles. The van der Waals surface area contributed by atoms with Crippen LogP contribution in [0.25, 0.3) is 22.2 Å². The van der Waals surface area contributed by atoms with Crippen LogP contribution in [0.1, 0.15) is 27.2 Å². The molecule has 7 nitrogen and oxygen atoms in total. The van der Waals surface area contributed by atoms with Gasteiger partial charge < -0.3 is 15.5 Å². The van der Waals surface area contributed by atoms with Crippen LogP contribution >= 0.6 is 0 Å². The molecule has 0 atom stereocenters. The highest BCUT2D eigenvalue weighted by molar-refractivity contribution is 6.59. The summed E-state index contributed by atoms with van der Waals surface area (Å²) < 4.78 is 75.7. The molecule has 8 radical (unpaired) electrons. The number of carbonyl (C=O) groups excluding carboxylic acids is 1. The quantitative estimate of drug-likeness (QED) is 0.303. The highest BCUT2D eigenvalue weighted by atomic mass is 19.4. The molecule has 3 N–H and O–H groups in total. The monoisotopic (exact) mass is 530 g/mol. The predicted octanol–water partition coefficient (Wildman–Crippen LogP) is 1.89. The van der Waals surface area contributed by atoms with E-state index in [-0.39, 0.29) is 22.3 Å². The number of nitrogens with zero attached hydrogens (tertiary/aromatic N) is 2. The van der Waals surface area contributed by atoms with Crippen LogP contribution in [0.15, 0.2) is 35.4 Å². The Hall–Kier alpha value is -4.09. The van der Waals surface area contributed by atoms with Gasteiger partial charge in [0.1, 0.15) is 19.3 Å². The number of H-pyrrole nitrogens is 1. The van der Waals surface area contributed by atoms with Crippen molar-refractivity contribution in [2.75, 3.05) is 0 Å². The number of ether oxygens (including phenoxy) is 1. The number of nitrogens with one attached hydrogen (secondary N) is 1. The number of hydrogen-bond acceptors (Lipinski definition) is 5. The van der Waals surface area contributed by atoms with Gasteiger partial charge in [-0.1, -0.05) is 10.6 Å². The summed E-state index contributed by atoms with van der Waals surface area (Å²) in [5.41, 5.74) is 0.188. The topological polar surface area (TPSA) is 111 Å². The van der Waals surface area contributed by atoms with Crippen LogP contribution in [0.3, 0.4) is 0 Å². The summed E-state index contributed by atoms with van der Waals surface area (Å²) in [5.74, 6) is -5.48. The molecule has 0 fully saturated rings. The van der Waals surface area contributed by atoms with Gasteiger partial charge in [-0.05, 0) is 24.6 Å². The molecular weight excluding hydrogens is 519 g/mol. The lowest BCUT2D eigenvalue weighted by molar-refractivity contribution is -0.138. The van der Waals surface area contributed by atoms with E-state index < -0.39 is 73.6 Å². The first-order valence-electron chi connectivity index (χ1n) is 10.7. The third-order valence-electron chi connectivity index (χ3n) is 5.69. The molecule has 39 heavy (non-hydrogen) atoms. The van der Waals surface area contributed by atoms with Gasteiger partial charge in [-0.2, -0.15) is 13.2 Å². The third-order valence-corrected chi connectivity index (χ3v) is 5.69. The fraction of sp³-hybridized carbons (Fsp3) is 0.130. The molecule has 0 saturated heterocycles. The normalized spacial score (nSPS) is 12.1. The average molecular weight is 530 g/mol. The molecule has 4 rings (SSSR count). The Kier molecular flexibility index (Phi) is 6.86. The molecule has 0 spiro atoms. The number of nitrogens with two attached hydrogens (primary N) is 1. The molecule has 16 heteroatoms. The molecule has 0 unspecified atom stereocenters. The molecule has 0 aliphatic carbocycles. The maximum absolute atomic E-state index is 14.7. The number of hydrogen-bond donors (Lipinski definition) is 2. The molecule has 4 aromatic rings. The fourth-order valence-electron chi connectivity index (χ4n) is 4.00. The van der Waals surface area contributed by atoms with Crippen molar-refractivity contribution in [1.29, 1.82) is 0 Å². The second kappa shape index (κ2) is 9.58. The van der Waals surface area contributed by atoms with E-state index in [1.54, 1.807) is 0 Å². The fourth-order valence-corrected chi connectivity index (χ4v) is 4.00. The van der Waals surface area contributed by atoms with E-state index in [2.05, 4.69) is 15.0 Å². The molecule has 0 saturated carbocycles. The molecule has 0 aliphatic rings. The predicted molar refractivity (Wildman–Crippen MR) is 135 cm³/mol. The minimum Gasteiger partial charge on any atom is -0.439 e. The minimum atomic E-state index is -4.89. The number of halogens is 5. The van der Waals surface area contributed by atoms with E-state index in [4.69, 9.17) is 41.9 Å². The van der Waals surface area contributed by atoms with Crippen molar-refractivity contribution >= 4 is 53.7 Å². The number of carbonyl (C=O) groups is 1. The highest BCUT2D eigenvalue weighted by Crippen LogP contribution is 2.41. The van der Waals surface area contributed by atoms with Crippen molar-refractivity contribution < 1.29 is 31.5 Å². The van der Waals surface area contributed by atoms with Crippen LogP contribution in [0.2, 0.25) is 0 Å². The smallest absolute Gasteiger partial charge is 0.418 e. The van der Waals surface area contributed by atoms with Crippen molar-refractivity contribution in [3.63, 3.8) is 0 Å². The van der Waals surface area contributed by atoms with E-state index in [1.807, 2.05) is 0 Å². The number of amides is 1. The number of aromatic nitrogens is 3. The Labute approximate surface area is 222 Å². The number of aromatic amines is 1. The van der Waals surface area contributed by atoms with Crippen LogP contribution in [0.4, 0.5) is 22.0 Å². The van der Waals surface area contributed by atoms with Gasteiger partial charge in [0.15, 0.2) is 17.1 Å². The Balaban J connectivity index is 2.06. The van der Waals surface area contributed by atoms with E-state index in [0.717, 1.165) is 19.2 Å². The van der Waals surface area contributed by atoms with Crippen LogP contribution < -0.4 is 21.4 Å². The standard InChI is InChI=1S/C23H11B4F5N4O3/c1-7-8(23(30,31)32)6-35-21(39-19-9(24)4-10(28)17(29)16(19)22(25,26)27)14(7)12-5-13(37)15-11(36-12)2-3-34-18(15)20(33)38/h2-6H,1H3,(H2,33,38)(H,36,37). The second-order valence-electron chi connectivity index (χ2n) is 8.47. The lowest BCUT2D eigenvalue weighted by Gasteiger charge is -2.27. The van der Waals surface area contributed by atoms with E-state index in [0.29, 0.717) is 12.3 Å². The molecule has 1 aromatic carbocycles. The van der Waals surface area contributed by atoms with Gasteiger partial charge in [-0.15, -0.1) is 0 Å². The van der Waals surface area contributed by atoms with Gasteiger partial charge in [0, 0.05) is 24.0 Å².